The molecular weight excluding hydrogens is 322 g/mol. The van der Waals surface area contributed by atoms with Gasteiger partial charge in [-0.25, -0.2) is 13.4 Å². The Bertz CT molecular complexity index is 724. The van der Waals surface area contributed by atoms with Gasteiger partial charge in [0.15, 0.2) is 5.13 Å². The van der Waals surface area contributed by atoms with Gasteiger partial charge in [0.25, 0.3) is 0 Å². The van der Waals surface area contributed by atoms with Crippen LogP contribution >= 0.6 is 11.3 Å². The van der Waals surface area contributed by atoms with Crippen molar-refractivity contribution in [3.8, 4) is 0 Å². The summed E-state index contributed by atoms with van der Waals surface area (Å²) in [6.07, 6.45) is 4.73. The number of nitrogens with zero attached hydrogens (tertiary/aromatic N) is 4. The maximum atomic E-state index is 12.5. The van der Waals surface area contributed by atoms with Gasteiger partial charge in [-0.2, -0.15) is 4.31 Å². The fourth-order valence-electron chi connectivity index (χ4n) is 2.39. The Morgan fingerprint density at radius 2 is 2.00 bits per heavy atom. The second-order valence-electron chi connectivity index (χ2n) is 5.03. The molecule has 118 valence electrons. The van der Waals surface area contributed by atoms with Gasteiger partial charge >= 0.3 is 0 Å². The first-order valence-corrected chi connectivity index (χ1v) is 9.14. The number of anilines is 1. The van der Waals surface area contributed by atoms with Crippen LogP contribution in [0.1, 0.15) is 4.88 Å². The molecule has 2 aromatic rings. The van der Waals surface area contributed by atoms with E-state index in [2.05, 4.69) is 14.9 Å². The quantitative estimate of drug-likeness (QED) is 0.878. The number of hydrogen-bond acceptors (Lipinski definition) is 7. The Balaban J connectivity index is 1.62. The number of rotatable bonds is 4. The average molecular weight is 339 g/mol. The van der Waals surface area contributed by atoms with Crippen LogP contribution in [0.25, 0.3) is 0 Å². The minimum atomic E-state index is -3.44. The highest BCUT2D eigenvalue weighted by Gasteiger charge is 2.28. The van der Waals surface area contributed by atoms with Crippen LogP contribution in [0.15, 0.2) is 35.6 Å². The topological polar surface area (TPSA) is 92.4 Å². The lowest BCUT2D eigenvalue weighted by Crippen LogP contribution is -2.48. The van der Waals surface area contributed by atoms with Gasteiger partial charge in [-0.15, -0.1) is 11.3 Å². The Morgan fingerprint density at radius 3 is 2.59 bits per heavy atom. The maximum Gasteiger partial charge on any atom is 0.244 e. The lowest BCUT2D eigenvalue weighted by Gasteiger charge is -2.33. The molecule has 22 heavy (non-hydrogen) atoms. The van der Waals surface area contributed by atoms with Crippen LogP contribution in [0.2, 0.25) is 0 Å². The minimum Gasteiger partial charge on any atom is -0.375 e. The summed E-state index contributed by atoms with van der Waals surface area (Å²) in [6, 6.07) is 3.21. The molecule has 0 amide bonds. The maximum absolute atomic E-state index is 12.5. The third kappa shape index (κ3) is 3.27. The van der Waals surface area contributed by atoms with Crippen molar-refractivity contribution in [2.75, 3.05) is 31.9 Å². The molecule has 0 spiro atoms. The van der Waals surface area contributed by atoms with Crippen molar-refractivity contribution in [3.05, 3.63) is 35.6 Å². The summed E-state index contributed by atoms with van der Waals surface area (Å²) in [5.74, 6) is 0. The van der Waals surface area contributed by atoms with Crippen LogP contribution in [0, 0.1) is 0 Å². The van der Waals surface area contributed by atoms with Gasteiger partial charge in [0.05, 0.1) is 0 Å². The molecule has 9 heteroatoms. The van der Waals surface area contributed by atoms with Gasteiger partial charge in [-0.05, 0) is 12.1 Å². The van der Waals surface area contributed by atoms with E-state index in [1.807, 2.05) is 0 Å². The van der Waals surface area contributed by atoms with Crippen molar-refractivity contribution in [3.63, 3.8) is 0 Å². The lowest BCUT2D eigenvalue weighted by atomic mass is 10.3. The highest BCUT2D eigenvalue weighted by Crippen LogP contribution is 2.20. The number of sulfonamides is 1. The number of piperazine rings is 1. The number of nitrogens with two attached hydrogens (primary N) is 1. The summed E-state index contributed by atoms with van der Waals surface area (Å²) in [4.78, 5) is 11.5. The fourth-order valence-corrected chi connectivity index (χ4v) is 4.51. The summed E-state index contributed by atoms with van der Waals surface area (Å²) in [5, 5.41) is 0.563. The average Bonchev–Trinajstić information content (AvgIpc) is 2.94. The van der Waals surface area contributed by atoms with Crippen LogP contribution in [-0.2, 0) is 16.6 Å². The molecule has 1 aliphatic rings. The summed E-state index contributed by atoms with van der Waals surface area (Å²) >= 11 is 1.47. The standard InChI is InChI=1S/C13H17N5O2S2/c14-13-16-8-11(21-13)10-17-4-6-18(7-5-17)22(19,20)12-2-1-3-15-9-12/h1-3,8-9H,4-7,10H2,(H2,14,16). The third-order valence-electron chi connectivity index (χ3n) is 3.55. The first-order chi connectivity index (χ1) is 10.6. The zero-order valence-electron chi connectivity index (χ0n) is 11.9. The summed E-state index contributed by atoms with van der Waals surface area (Å²) in [6.45, 7) is 3.10. The van der Waals surface area contributed by atoms with Crippen molar-refractivity contribution >= 4 is 26.5 Å². The predicted octanol–water partition coefficient (Wildman–Crippen LogP) is 0.627. The van der Waals surface area contributed by atoms with Crippen LogP contribution in [0.3, 0.4) is 0 Å². The zero-order valence-corrected chi connectivity index (χ0v) is 13.6. The Hall–Kier alpha value is -1.55. The minimum absolute atomic E-state index is 0.249. The van der Waals surface area contributed by atoms with Crippen molar-refractivity contribution < 1.29 is 8.42 Å². The van der Waals surface area contributed by atoms with E-state index in [4.69, 9.17) is 5.73 Å². The van der Waals surface area contributed by atoms with Gasteiger partial charge in [0.1, 0.15) is 4.90 Å². The first-order valence-electron chi connectivity index (χ1n) is 6.88. The van der Waals surface area contributed by atoms with Gasteiger partial charge in [0.2, 0.25) is 10.0 Å². The fraction of sp³-hybridized carbons (Fsp3) is 0.385. The zero-order chi connectivity index (χ0) is 15.6. The molecule has 0 radical (unpaired) electrons. The SMILES string of the molecule is Nc1ncc(CN2CCN(S(=O)(=O)c3cccnc3)CC2)s1. The van der Waals surface area contributed by atoms with Crippen molar-refractivity contribution in [1.82, 2.24) is 19.2 Å². The molecule has 1 aliphatic heterocycles. The van der Waals surface area contributed by atoms with E-state index < -0.39 is 10.0 Å². The van der Waals surface area contributed by atoms with Gasteiger partial charge in [-0.3, -0.25) is 9.88 Å². The van der Waals surface area contributed by atoms with E-state index in [1.165, 1.54) is 21.8 Å². The number of hydrogen-bond donors (Lipinski definition) is 1. The molecule has 0 aromatic carbocycles. The van der Waals surface area contributed by atoms with Gasteiger partial charge in [0, 0.05) is 56.2 Å². The molecule has 0 atom stereocenters. The molecule has 3 heterocycles. The molecule has 0 bridgehead atoms. The van der Waals surface area contributed by atoms with Crippen LogP contribution in [0.5, 0.6) is 0 Å². The smallest absolute Gasteiger partial charge is 0.244 e. The Kier molecular flexibility index (Phi) is 4.39. The van der Waals surface area contributed by atoms with Gasteiger partial charge < -0.3 is 5.73 Å². The van der Waals surface area contributed by atoms with Crippen molar-refractivity contribution in [2.24, 2.45) is 0 Å². The number of nitrogen functional groups attached to an aromatic ring is 1. The number of thiazole rings is 1. The lowest BCUT2D eigenvalue weighted by molar-refractivity contribution is 0.183. The summed E-state index contributed by atoms with van der Waals surface area (Å²) < 4.78 is 26.5. The third-order valence-corrected chi connectivity index (χ3v) is 6.25. The molecule has 2 N–H and O–H groups in total. The molecule has 3 rings (SSSR count). The van der Waals surface area contributed by atoms with E-state index >= 15 is 0 Å². The van der Waals surface area contributed by atoms with Gasteiger partial charge in [-0.1, -0.05) is 0 Å². The van der Waals surface area contributed by atoms with E-state index in [9.17, 15) is 8.42 Å². The highest BCUT2D eigenvalue weighted by atomic mass is 32.2. The van der Waals surface area contributed by atoms with E-state index in [-0.39, 0.29) is 4.90 Å². The second kappa shape index (κ2) is 6.29. The monoisotopic (exact) mass is 339 g/mol. The van der Waals surface area contributed by atoms with E-state index in [1.54, 1.807) is 24.5 Å². The van der Waals surface area contributed by atoms with Crippen LogP contribution in [-0.4, -0.2) is 53.8 Å². The summed E-state index contributed by atoms with van der Waals surface area (Å²) in [5.41, 5.74) is 5.62. The normalized spacial score (nSPS) is 17.6. The van der Waals surface area contributed by atoms with E-state index in [0.29, 0.717) is 31.3 Å². The summed E-state index contributed by atoms with van der Waals surface area (Å²) in [7, 11) is -3.44. The molecule has 7 nitrogen and oxygen atoms in total. The molecular formula is C13H17N5O2S2. The second-order valence-corrected chi connectivity index (χ2v) is 8.12. The first kappa shape index (κ1) is 15.3. The molecule has 1 saturated heterocycles. The Labute approximate surface area is 133 Å². The van der Waals surface area contributed by atoms with Crippen molar-refractivity contribution in [2.45, 2.75) is 11.4 Å². The molecule has 2 aromatic heterocycles. The molecule has 0 unspecified atom stereocenters. The van der Waals surface area contributed by atoms with Crippen LogP contribution < -0.4 is 5.73 Å². The molecule has 1 fully saturated rings. The predicted molar refractivity (Wildman–Crippen MR) is 84.8 cm³/mol. The largest absolute Gasteiger partial charge is 0.375 e. The van der Waals surface area contributed by atoms with Crippen LogP contribution in [0.4, 0.5) is 5.13 Å². The van der Waals surface area contributed by atoms with E-state index in [0.717, 1.165) is 11.4 Å². The molecule has 0 saturated carbocycles. The van der Waals surface area contributed by atoms with Crippen molar-refractivity contribution in [1.29, 1.82) is 0 Å². The number of pyridine rings is 1. The number of aromatic nitrogens is 2. The highest BCUT2D eigenvalue weighted by molar-refractivity contribution is 7.89. The molecule has 0 aliphatic carbocycles. The Morgan fingerprint density at radius 1 is 1.23 bits per heavy atom.